The van der Waals surface area contributed by atoms with Crippen LogP contribution in [0.1, 0.15) is 86.7 Å². The number of likely N-dealkylation sites (N-methyl/N-ethyl adjacent to an activating group) is 1. The second-order valence-electron chi connectivity index (χ2n) is 12.6. The maximum absolute atomic E-state index is 14.1. The van der Waals surface area contributed by atoms with Gasteiger partial charge in [0.15, 0.2) is 0 Å². The van der Waals surface area contributed by atoms with Gasteiger partial charge in [-0.3, -0.25) is 14.6 Å². The molecule has 254 valence electrons. The first-order chi connectivity index (χ1) is 21.8. The van der Waals surface area contributed by atoms with Crippen LogP contribution >= 0.6 is 0 Å². The minimum absolute atomic E-state index is 0.0222. The van der Waals surface area contributed by atoms with Gasteiger partial charge in [0.2, 0.25) is 5.91 Å². The lowest BCUT2D eigenvalue weighted by molar-refractivity contribution is -0.145. The third kappa shape index (κ3) is 8.13. The Bertz CT molecular complexity index is 1600. The maximum Gasteiger partial charge on any atom is 0.416 e. The van der Waals surface area contributed by atoms with Gasteiger partial charge in [-0.25, -0.2) is 4.39 Å². The van der Waals surface area contributed by atoms with Crippen molar-refractivity contribution < 1.29 is 45.1 Å². The molecule has 47 heavy (non-hydrogen) atoms. The van der Waals surface area contributed by atoms with E-state index in [1.807, 2.05) is 0 Å². The summed E-state index contributed by atoms with van der Waals surface area (Å²) in [6.07, 6.45) is -5.25. The predicted molar refractivity (Wildman–Crippen MR) is 163 cm³/mol. The first-order valence-corrected chi connectivity index (χ1v) is 15.3. The van der Waals surface area contributed by atoms with Crippen LogP contribution in [-0.2, 0) is 32.1 Å². The van der Waals surface area contributed by atoms with Crippen LogP contribution in [0.15, 0.2) is 48.7 Å². The largest absolute Gasteiger partial charge is 0.466 e. The molecule has 2 atom stereocenters. The van der Waals surface area contributed by atoms with Crippen LogP contribution in [0.4, 0.5) is 36.4 Å². The molecular weight excluding hydrogens is 629 g/mol. The Balaban J connectivity index is 1.77. The standard InChI is InChI=1S/C35H37F7N2O3/c1-6-47-31(45)14-21-8-7-9-22(13-21)29-18-28(27-11-10-26(36)12-20(27)2)30(19-43-29)44(5)32(46)33(3,4)23-15-24(34(37,38)39)17-25(16-23)35(40,41)42/h10-12,15-19,21-22H,6-9,13-14H2,1-5H3. The number of carbonyl (C=O) groups is 2. The fourth-order valence-electron chi connectivity index (χ4n) is 6.27. The fraction of sp³-hybridized carbons (Fsp3) is 0.457. The van der Waals surface area contributed by atoms with Crippen molar-refractivity contribution in [1.29, 1.82) is 0 Å². The number of esters is 1. The molecule has 1 aliphatic carbocycles. The quantitative estimate of drug-likeness (QED) is 0.178. The number of pyridine rings is 1. The van der Waals surface area contributed by atoms with Gasteiger partial charge in [-0.1, -0.05) is 12.5 Å². The van der Waals surface area contributed by atoms with Crippen molar-refractivity contribution in [2.45, 2.75) is 83.5 Å². The zero-order valence-corrected chi connectivity index (χ0v) is 26.8. The molecule has 12 heteroatoms. The molecular formula is C35H37F7N2O3. The van der Waals surface area contributed by atoms with Crippen LogP contribution < -0.4 is 4.90 Å². The molecule has 0 aliphatic heterocycles. The summed E-state index contributed by atoms with van der Waals surface area (Å²) in [7, 11) is 1.37. The van der Waals surface area contributed by atoms with Gasteiger partial charge in [0.25, 0.3) is 0 Å². The zero-order valence-electron chi connectivity index (χ0n) is 26.8. The molecule has 0 saturated heterocycles. The molecule has 4 rings (SSSR count). The fourth-order valence-corrected chi connectivity index (χ4v) is 6.27. The van der Waals surface area contributed by atoms with Gasteiger partial charge in [-0.05, 0) is 106 Å². The summed E-state index contributed by atoms with van der Waals surface area (Å²) >= 11 is 0. The Labute approximate surface area is 269 Å². The highest BCUT2D eigenvalue weighted by Crippen LogP contribution is 2.43. The first kappa shape index (κ1) is 35.9. The number of halogens is 7. The number of nitrogens with zero attached hydrogens (tertiary/aromatic N) is 2. The average molecular weight is 667 g/mol. The normalized spacial score (nSPS) is 17.4. The molecule has 5 nitrogen and oxygen atoms in total. The second kappa shape index (κ2) is 13.6. The summed E-state index contributed by atoms with van der Waals surface area (Å²) in [5, 5.41) is 0. The zero-order chi connectivity index (χ0) is 34.9. The number of benzene rings is 2. The van der Waals surface area contributed by atoms with Gasteiger partial charge in [0, 0.05) is 30.6 Å². The smallest absolute Gasteiger partial charge is 0.416 e. The summed E-state index contributed by atoms with van der Waals surface area (Å²) < 4.78 is 101. The van der Waals surface area contributed by atoms with Gasteiger partial charge < -0.3 is 9.64 Å². The number of anilines is 1. The van der Waals surface area contributed by atoms with Crippen LogP contribution in [0.3, 0.4) is 0 Å². The highest BCUT2D eigenvalue weighted by molar-refractivity contribution is 6.03. The molecule has 1 heterocycles. The first-order valence-electron chi connectivity index (χ1n) is 15.3. The molecule has 1 saturated carbocycles. The number of alkyl halides is 6. The summed E-state index contributed by atoms with van der Waals surface area (Å²) in [6.45, 7) is 6.24. The van der Waals surface area contributed by atoms with E-state index in [9.17, 15) is 40.3 Å². The number of aromatic nitrogens is 1. The second-order valence-corrected chi connectivity index (χ2v) is 12.6. The van der Waals surface area contributed by atoms with Crippen molar-refractivity contribution in [3.8, 4) is 11.1 Å². The van der Waals surface area contributed by atoms with Gasteiger partial charge in [0.1, 0.15) is 5.82 Å². The predicted octanol–water partition coefficient (Wildman–Crippen LogP) is 9.40. The molecule has 1 aliphatic rings. The minimum Gasteiger partial charge on any atom is -0.466 e. The van der Waals surface area contributed by atoms with E-state index in [1.54, 1.807) is 26.0 Å². The van der Waals surface area contributed by atoms with Crippen molar-refractivity contribution in [1.82, 2.24) is 4.98 Å². The lowest BCUT2D eigenvalue weighted by atomic mass is 9.78. The Hall–Kier alpha value is -3.96. The van der Waals surface area contributed by atoms with Gasteiger partial charge in [-0.2, -0.15) is 26.3 Å². The number of amides is 1. The molecule has 2 unspecified atom stereocenters. The Morgan fingerprint density at radius 3 is 2.11 bits per heavy atom. The molecule has 0 radical (unpaired) electrons. The van der Waals surface area contributed by atoms with Crippen LogP contribution in [0.5, 0.6) is 0 Å². The van der Waals surface area contributed by atoms with E-state index in [0.29, 0.717) is 47.5 Å². The van der Waals surface area contributed by atoms with E-state index in [0.717, 1.165) is 24.2 Å². The topological polar surface area (TPSA) is 59.5 Å². The molecule has 0 N–H and O–H groups in total. The average Bonchev–Trinajstić information content (AvgIpc) is 2.99. The lowest BCUT2D eigenvalue weighted by Crippen LogP contribution is -2.42. The summed E-state index contributed by atoms with van der Waals surface area (Å²) in [5.74, 6) is -1.47. The van der Waals surface area contributed by atoms with Crippen LogP contribution in [-0.4, -0.2) is 30.5 Å². The number of carbonyl (C=O) groups excluding carboxylic acids is 2. The van der Waals surface area contributed by atoms with Crippen molar-refractivity contribution in [3.05, 3.63) is 82.4 Å². The van der Waals surface area contributed by atoms with Gasteiger partial charge in [0.05, 0.1) is 35.0 Å². The van der Waals surface area contributed by atoms with E-state index in [4.69, 9.17) is 4.74 Å². The molecule has 2 aromatic carbocycles. The number of rotatable bonds is 8. The van der Waals surface area contributed by atoms with E-state index in [-0.39, 0.29) is 36.0 Å². The van der Waals surface area contributed by atoms with Crippen molar-refractivity contribution in [3.63, 3.8) is 0 Å². The van der Waals surface area contributed by atoms with E-state index >= 15 is 0 Å². The number of hydrogen-bond acceptors (Lipinski definition) is 4. The molecule has 0 spiro atoms. The molecule has 0 bridgehead atoms. The number of aryl methyl sites for hydroxylation is 1. The van der Waals surface area contributed by atoms with E-state index in [2.05, 4.69) is 4.98 Å². The molecule has 1 fully saturated rings. The highest BCUT2D eigenvalue weighted by atomic mass is 19.4. The van der Waals surface area contributed by atoms with Crippen LogP contribution in [0.25, 0.3) is 11.1 Å². The SMILES string of the molecule is CCOC(=O)CC1CCCC(c2cc(-c3ccc(F)cc3C)c(N(C)C(=O)C(C)(C)c3cc(C(F)(F)F)cc(C(F)(F)F)c3)cn2)C1. The lowest BCUT2D eigenvalue weighted by Gasteiger charge is -2.33. The minimum atomic E-state index is -5.08. The third-order valence-corrected chi connectivity index (χ3v) is 8.85. The monoisotopic (exact) mass is 666 g/mol. The number of hydrogen-bond donors (Lipinski definition) is 0. The summed E-state index contributed by atoms with van der Waals surface area (Å²) in [6, 6.07) is 7.05. The molecule has 3 aromatic rings. The summed E-state index contributed by atoms with van der Waals surface area (Å²) in [4.78, 5) is 32.0. The maximum atomic E-state index is 14.1. The van der Waals surface area contributed by atoms with Crippen LogP contribution in [0.2, 0.25) is 0 Å². The van der Waals surface area contributed by atoms with Gasteiger partial charge >= 0.3 is 18.3 Å². The number of ether oxygens (including phenoxy) is 1. The van der Waals surface area contributed by atoms with E-state index in [1.165, 1.54) is 39.2 Å². The van der Waals surface area contributed by atoms with Gasteiger partial charge in [-0.15, -0.1) is 0 Å². The van der Waals surface area contributed by atoms with Crippen molar-refractivity contribution in [2.75, 3.05) is 18.6 Å². The van der Waals surface area contributed by atoms with Crippen molar-refractivity contribution >= 4 is 17.6 Å². The molecule has 1 aromatic heterocycles. The van der Waals surface area contributed by atoms with Crippen LogP contribution in [0, 0.1) is 18.7 Å². The third-order valence-electron chi connectivity index (χ3n) is 8.85. The molecule has 1 amide bonds. The summed E-state index contributed by atoms with van der Waals surface area (Å²) in [5.41, 5.74) is -2.81. The van der Waals surface area contributed by atoms with E-state index < -0.39 is 46.2 Å². The highest BCUT2D eigenvalue weighted by Gasteiger charge is 2.41. The van der Waals surface area contributed by atoms with Crippen molar-refractivity contribution in [2.24, 2.45) is 5.92 Å². The Kier molecular flexibility index (Phi) is 10.4. The Morgan fingerprint density at radius 1 is 0.915 bits per heavy atom. The Morgan fingerprint density at radius 2 is 1.53 bits per heavy atom.